The van der Waals surface area contributed by atoms with Crippen LogP contribution >= 0.6 is 0 Å². The first-order valence-corrected chi connectivity index (χ1v) is 10.2. The van der Waals surface area contributed by atoms with Crippen LogP contribution in [0.5, 0.6) is 0 Å². The zero-order chi connectivity index (χ0) is 18.4. The van der Waals surface area contributed by atoms with E-state index in [9.17, 15) is 0 Å². The molecular formula is C24H32N2. The number of unbranched alkanes of at least 4 members (excludes halogenated alkanes) is 2. The van der Waals surface area contributed by atoms with Gasteiger partial charge in [0.05, 0.1) is 0 Å². The fourth-order valence-electron chi connectivity index (χ4n) is 3.69. The van der Waals surface area contributed by atoms with Gasteiger partial charge in [-0.05, 0) is 79.5 Å². The Morgan fingerprint density at radius 2 is 1.62 bits per heavy atom. The largest absolute Gasteiger partial charge is 0.354 e. The molecule has 0 radical (unpaired) electrons. The van der Waals surface area contributed by atoms with Gasteiger partial charge in [0.25, 0.3) is 0 Å². The molecule has 3 N–H and O–H groups in total. The molecule has 0 aliphatic carbocycles. The molecule has 0 amide bonds. The SMILES string of the molecule is CCCCc1ccc2[nH]c(-c3ccc(CC)cc3)c(CCCCN)c2c1. The fourth-order valence-corrected chi connectivity index (χ4v) is 3.69. The Bertz CT molecular complexity index is 827. The van der Waals surface area contributed by atoms with E-state index in [1.165, 1.54) is 58.1 Å². The molecule has 138 valence electrons. The maximum absolute atomic E-state index is 5.73. The van der Waals surface area contributed by atoms with Crippen molar-refractivity contribution < 1.29 is 0 Å². The van der Waals surface area contributed by atoms with Crippen molar-refractivity contribution in [3.8, 4) is 11.3 Å². The normalized spacial score (nSPS) is 11.3. The van der Waals surface area contributed by atoms with Crippen molar-refractivity contribution in [2.45, 2.75) is 58.8 Å². The van der Waals surface area contributed by atoms with E-state index in [0.29, 0.717) is 0 Å². The summed E-state index contributed by atoms with van der Waals surface area (Å²) in [6.07, 6.45) is 8.04. The zero-order valence-corrected chi connectivity index (χ0v) is 16.3. The summed E-state index contributed by atoms with van der Waals surface area (Å²) in [4.78, 5) is 3.70. The topological polar surface area (TPSA) is 41.8 Å². The lowest BCUT2D eigenvalue weighted by molar-refractivity contribution is 0.748. The number of aromatic amines is 1. The Morgan fingerprint density at radius 1 is 0.846 bits per heavy atom. The Labute approximate surface area is 157 Å². The van der Waals surface area contributed by atoms with Crippen LogP contribution in [0.25, 0.3) is 22.2 Å². The van der Waals surface area contributed by atoms with E-state index in [0.717, 1.165) is 32.2 Å². The van der Waals surface area contributed by atoms with E-state index in [1.807, 2.05) is 0 Å². The smallest absolute Gasteiger partial charge is 0.0497 e. The second-order valence-electron chi connectivity index (χ2n) is 7.26. The summed E-state index contributed by atoms with van der Waals surface area (Å²) in [5.41, 5.74) is 13.8. The molecule has 0 fully saturated rings. The first-order chi connectivity index (χ1) is 12.8. The standard InChI is InChI=1S/C24H32N2/c1-3-5-8-19-12-15-23-22(17-19)21(9-6-7-16-25)24(26-23)20-13-10-18(4-2)11-14-20/h10-15,17,26H,3-9,16,25H2,1-2H3. The van der Waals surface area contributed by atoms with Crippen molar-refractivity contribution >= 4 is 10.9 Å². The van der Waals surface area contributed by atoms with Gasteiger partial charge in [-0.2, -0.15) is 0 Å². The van der Waals surface area contributed by atoms with E-state index in [4.69, 9.17) is 5.73 Å². The van der Waals surface area contributed by atoms with Gasteiger partial charge < -0.3 is 10.7 Å². The number of aromatic nitrogens is 1. The van der Waals surface area contributed by atoms with E-state index in [1.54, 1.807) is 0 Å². The molecule has 2 heteroatoms. The second-order valence-corrected chi connectivity index (χ2v) is 7.26. The van der Waals surface area contributed by atoms with E-state index in [-0.39, 0.29) is 0 Å². The number of rotatable bonds is 9. The van der Waals surface area contributed by atoms with Crippen LogP contribution in [-0.2, 0) is 19.3 Å². The van der Waals surface area contributed by atoms with Crippen LogP contribution in [-0.4, -0.2) is 11.5 Å². The number of hydrogen-bond acceptors (Lipinski definition) is 1. The van der Waals surface area contributed by atoms with Gasteiger partial charge in [-0.1, -0.05) is 50.6 Å². The van der Waals surface area contributed by atoms with Crippen LogP contribution in [0.4, 0.5) is 0 Å². The van der Waals surface area contributed by atoms with Crippen LogP contribution in [0.2, 0.25) is 0 Å². The van der Waals surface area contributed by atoms with Crippen molar-refractivity contribution in [2.75, 3.05) is 6.54 Å². The van der Waals surface area contributed by atoms with E-state index < -0.39 is 0 Å². The second kappa shape index (κ2) is 9.05. The zero-order valence-electron chi connectivity index (χ0n) is 16.3. The summed E-state index contributed by atoms with van der Waals surface area (Å²) in [6.45, 7) is 5.23. The summed E-state index contributed by atoms with van der Waals surface area (Å²) in [6, 6.07) is 16.0. The Kier molecular flexibility index (Phi) is 6.51. The molecule has 1 heterocycles. The molecular weight excluding hydrogens is 316 g/mol. The summed E-state index contributed by atoms with van der Waals surface area (Å²) in [7, 11) is 0. The number of nitrogens with two attached hydrogens (primary N) is 1. The molecule has 0 atom stereocenters. The molecule has 3 rings (SSSR count). The predicted octanol–water partition coefficient (Wildman–Crippen LogP) is 6.02. The lowest BCUT2D eigenvalue weighted by atomic mass is 9.97. The van der Waals surface area contributed by atoms with Crippen molar-refractivity contribution in [3.05, 3.63) is 59.2 Å². The summed E-state index contributed by atoms with van der Waals surface area (Å²) in [5.74, 6) is 0. The van der Waals surface area contributed by atoms with Crippen molar-refractivity contribution in [3.63, 3.8) is 0 Å². The van der Waals surface area contributed by atoms with E-state index >= 15 is 0 Å². The molecule has 0 bridgehead atoms. The highest BCUT2D eigenvalue weighted by molar-refractivity contribution is 5.91. The summed E-state index contributed by atoms with van der Waals surface area (Å²) < 4.78 is 0. The average Bonchev–Trinajstić information content (AvgIpc) is 3.04. The molecule has 2 aromatic carbocycles. The predicted molar refractivity (Wildman–Crippen MR) is 114 cm³/mol. The highest BCUT2D eigenvalue weighted by Crippen LogP contribution is 2.32. The van der Waals surface area contributed by atoms with E-state index in [2.05, 4.69) is 61.3 Å². The lowest BCUT2D eigenvalue weighted by Gasteiger charge is -2.07. The number of aryl methyl sites for hydroxylation is 3. The minimum Gasteiger partial charge on any atom is -0.354 e. The van der Waals surface area contributed by atoms with Gasteiger partial charge in [-0.25, -0.2) is 0 Å². The number of fused-ring (bicyclic) bond motifs is 1. The molecule has 1 aromatic heterocycles. The third kappa shape index (κ3) is 4.19. The molecule has 26 heavy (non-hydrogen) atoms. The fraction of sp³-hybridized carbons (Fsp3) is 0.417. The Morgan fingerprint density at radius 3 is 2.31 bits per heavy atom. The molecule has 3 aromatic rings. The lowest BCUT2D eigenvalue weighted by Crippen LogP contribution is -1.99. The number of benzene rings is 2. The number of hydrogen-bond donors (Lipinski definition) is 2. The molecule has 0 spiro atoms. The molecule has 0 saturated heterocycles. The highest BCUT2D eigenvalue weighted by Gasteiger charge is 2.13. The maximum Gasteiger partial charge on any atom is 0.0497 e. The van der Waals surface area contributed by atoms with Crippen LogP contribution in [0.1, 0.15) is 56.2 Å². The Hall–Kier alpha value is -2.06. The summed E-state index contributed by atoms with van der Waals surface area (Å²) in [5, 5.41) is 1.39. The van der Waals surface area contributed by atoms with Gasteiger partial charge in [0.15, 0.2) is 0 Å². The van der Waals surface area contributed by atoms with Gasteiger partial charge in [-0.15, -0.1) is 0 Å². The highest BCUT2D eigenvalue weighted by atomic mass is 14.7. The quantitative estimate of drug-likeness (QED) is 0.456. The first-order valence-electron chi connectivity index (χ1n) is 10.2. The molecule has 0 aliphatic heterocycles. The van der Waals surface area contributed by atoms with Gasteiger partial charge >= 0.3 is 0 Å². The van der Waals surface area contributed by atoms with Crippen LogP contribution < -0.4 is 5.73 Å². The van der Waals surface area contributed by atoms with Crippen LogP contribution in [0.15, 0.2) is 42.5 Å². The van der Waals surface area contributed by atoms with Crippen molar-refractivity contribution in [2.24, 2.45) is 5.73 Å². The monoisotopic (exact) mass is 348 g/mol. The minimum atomic E-state index is 0.768. The van der Waals surface area contributed by atoms with Gasteiger partial charge in [-0.3, -0.25) is 0 Å². The average molecular weight is 349 g/mol. The number of nitrogens with one attached hydrogen (secondary N) is 1. The van der Waals surface area contributed by atoms with Gasteiger partial charge in [0.2, 0.25) is 0 Å². The molecule has 2 nitrogen and oxygen atoms in total. The van der Waals surface area contributed by atoms with Gasteiger partial charge in [0, 0.05) is 16.6 Å². The molecule has 0 aliphatic rings. The van der Waals surface area contributed by atoms with Crippen molar-refractivity contribution in [1.82, 2.24) is 4.98 Å². The summed E-state index contributed by atoms with van der Waals surface area (Å²) >= 11 is 0. The third-order valence-corrected chi connectivity index (χ3v) is 5.32. The van der Waals surface area contributed by atoms with Crippen LogP contribution in [0, 0.1) is 0 Å². The maximum atomic E-state index is 5.73. The van der Waals surface area contributed by atoms with Gasteiger partial charge in [0.1, 0.15) is 0 Å². The molecule has 0 unspecified atom stereocenters. The first kappa shape index (κ1) is 18.7. The number of H-pyrrole nitrogens is 1. The van der Waals surface area contributed by atoms with Crippen LogP contribution in [0.3, 0.4) is 0 Å². The minimum absolute atomic E-state index is 0.768. The van der Waals surface area contributed by atoms with Crippen molar-refractivity contribution in [1.29, 1.82) is 0 Å². The Balaban J connectivity index is 2.02. The molecule has 0 saturated carbocycles. The third-order valence-electron chi connectivity index (χ3n) is 5.32.